The second kappa shape index (κ2) is 9.87. The zero-order chi connectivity index (χ0) is 18.2. The lowest BCUT2D eigenvalue weighted by Gasteiger charge is -2.31. The molecule has 0 saturated heterocycles. The van der Waals surface area contributed by atoms with Crippen LogP contribution in [0.15, 0.2) is 4.99 Å². The van der Waals surface area contributed by atoms with Crippen molar-refractivity contribution in [2.75, 3.05) is 47.8 Å². The number of aliphatic imine (C=N–C) groups is 1. The molecular weight excluding hydrogens is 302 g/mol. The first-order valence-electron chi connectivity index (χ1n) is 9.23. The highest BCUT2D eigenvalue weighted by Crippen LogP contribution is 2.38. The Labute approximate surface area is 148 Å². The van der Waals surface area contributed by atoms with E-state index in [1.54, 1.807) is 11.9 Å². The Bertz CT molecular complexity index is 416. The predicted molar refractivity (Wildman–Crippen MR) is 101 cm³/mol. The first-order valence-corrected chi connectivity index (χ1v) is 9.23. The molecule has 140 valence electrons. The van der Waals surface area contributed by atoms with Gasteiger partial charge in [-0.15, -0.1) is 0 Å². The number of likely N-dealkylation sites (N-methyl/N-ethyl adjacent to an activating group) is 1. The van der Waals surface area contributed by atoms with Gasteiger partial charge in [0.1, 0.15) is 0 Å². The minimum atomic E-state index is -0.269. The Hall–Kier alpha value is -1.30. The van der Waals surface area contributed by atoms with Crippen molar-refractivity contribution in [3.05, 3.63) is 0 Å². The SMILES string of the molecule is CCC(C)N(C)CCNC(=NC)NCC1(C(=O)N(C)C)CCCC1. The Kier molecular flexibility index (Phi) is 8.53. The fourth-order valence-electron chi connectivity index (χ4n) is 3.35. The van der Waals surface area contributed by atoms with Crippen LogP contribution in [0.2, 0.25) is 0 Å². The third kappa shape index (κ3) is 5.65. The second-order valence-electron chi connectivity index (χ2n) is 7.28. The molecule has 1 rings (SSSR count). The van der Waals surface area contributed by atoms with Crippen LogP contribution in [0.1, 0.15) is 46.0 Å². The van der Waals surface area contributed by atoms with Crippen LogP contribution in [-0.4, -0.2) is 75.5 Å². The van der Waals surface area contributed by atoms with E-state index in [9.17, 15) is 4.79 Å². The lowest BCUT2D eigenvalue weighted by Crippen LogP contribution is -2.50. The minimum absolute atomic E-state index is 0.236. The fraction of sp³-hybridized carbons (Fsp3) is 0.889. The lowest BCUT2D eigenvalue weighted by atomic mass is 9.84. The smallest absolute Gasteiger partial charge is 0.230 e. The number of carbonyl (C=O) groups is 1. The first kappa shape index (κ1) is 20.7. The molecule has 0 aromatic heterocycles. The third-order valence-electron chi connectivity index (χ3n) is 5.34. The van der Waals surface area contributed by atoms with Crippen molar-refractivity contribution in [1.82, 2.24) is 20.4 Å². The Balaban J connectivity index is 2.49. The summed E-state index contributed by atoms with van der Waals surface area (Å²) in [7, 11) is 7.62. The van der Waals surface area contributed by atoms with Gasteiger partial charge in [0.25, 0.3) is 0 Å². The van der Waals surface area contributed by atoms with Gasteiger partial charge < -0.3 is 20.4 Å². The van der Waals surface area contributed by atoms with Crippen molar-refractivity contribution >= 4 is 11.9 Å². The maximum atomic E-state index is 12.6. The summed E-state index contributed by atoms with van der Waals surface area (Å²) in [5.74, 6) is 1.02. The van der Waals surface area contributed by atoms with E-state index in [0.29, 0.717) is 12.6 Å². The molecule has 0 aliphatic heterocycles. The molecule has 0 aromatic rings. The van der Waals surface area contributed by atoms with Gasteiger partial charge in [0.05, 0.1) is 5.41 Å². The highest BCUT2D eigenvalue weighted by Gasteiger charge is 2.42. The summed E-state index contributed by atoms with van der Waals surface area (Å²) in [6, 6.07) is 0.584. The molecular formula is C18H37N5O. The monoisotopic (exact) mass is 339 g/mol. The Morgan fingerprint density at radius 1 is 1.21 bits per heavy atom. The molecule has 1 atom stereocenters. The standard InChI is InChI=1S/C18H37N5O/c1-7-15(2)23(6)13-12-20-17(19-3)21-14-18(10-8-9-11-18)16(24)22(4)5/h15H,7-14H2,1-6H3,(H2,19,20,21). The van der Waals surface area contributed by atoms with Crippen LogP contribution in [0.25, 0.3) is 0 Å². The number of guanidine groups is 1. The summed E-state index contributed by atoms with van der Waals surface area (Å²) in [5, 5.41) is 6.74. The molecule has 6 heteroatoms. The van der Waals surface area contributed by atoms with Crippen LogP contribution < -0.4 is 10.6 Å². The summed E-state index contributed by atoms with van der Waals surface area (Å²) in [6.45, 7) is 6.92. The zero-order valence-corrected chi connectivity index (χ0v) is 16.5. The number of nitrogens with zero attached hydrogens (tertiary/aromatic N) is 3. The Morgan fingerprint density at radius 3 is 2.33 bits per heavy atom. The van der Waals surface area contributed by atoms with Crippen LogP contribution in [0.4, 0.5) is 0 Å². The quantitative estimate of drug-likeness (QED) is 0.520. The number of carbonyl (C=O) groups excluding carboxylic acids is 1. The van der Waals surface area contributed by atoms with Crippen molar-refractivity contribution in [1.29, 1.82) is 0 Å². The van der Waals surface area contributed by atoms with Crippen molar-refractivity contribution in [3.63, 3.8) is 0 Å². The second-order valence-corrected chi connectivity index (χ2v) is 7.28. The Morgan fingerprint density at radius 2 is 1.83 bits per heavy atom. The van der Waals surface area contributed by atoms with E-state index < -0.39 is 0 Å². The number of nitrogens with one attached hydrogen (secondary N) is 2. The number of rotatable bonds is 8. The van der Waals surface area contributed by atoms with Crippen LogP contribution in [0, 0.1) is 5.41 Å². The molecule has 1 fully saturated rings. The van der Waals surface area contributed by atoms with Gasteiger partial charge in [0.15, 0.2) is 5.96 Å². The van der Waals surface area contributed by atoms with E-state index in [-0.39, 0.29) is 11.3 Å². The number of hydrogen-bond acceptors (Lipinski definition) is 3. The largest absolute Gasteiger partial charge is 0.355 e. The number of amides is 1. The van der Waals surface area contributed by atoms with Gasteiger partial charge >= 0.3 is 0 Å². The van der Waals surface area contributed by atoms with Crippen LogP contribution in [-0.2, 0) is 4.79 Å². The van der Waals surface area contributed by atoms with Gasteiger partial charge in [0.2, 0.25) is 5.91 Å². The average Bonchev–Trinajstić information content (AvgIpc) is 3.06. The van der Waals surface area contributed by atoms with Crippen molar-refractivity contribution in [2.24, 2.45) is 10.4 Å². The van der Waals surface area contributed by atoms with E-state index in [1.165, 1.54) is 0 Å². The summed E-state index contributed by atoms with van der Waals surface area (Å²) < 4.78 is 0. The van der Waals surface area contributed by atoms with Crippen molar-refractivity contribution in [3.8, 4) is 0 Å². The molecule has 1 unspecified atom stereocenters. The maximum absolute atomic E-state index is 12.6. The summed E-state index contributed by atoms with van der Waals surface area (Å²) in [5.41, 5.74) is -0.269. The van der Waals surface area contributed by atoms with Crippen LogP contribution in [0.5, 0.6) is 0 Å². The van der Waals surface area contributed by atoms with E-state index in [1.807, 2.05) is 14.1 Å². The topological polar surface area (TPSA) is 60.0 Å². The molecule has 0 heterocycles. The molecule has 1 aliphatic rings. The van der Waals surface area contributed by atoms with Gasteiger partial charge in [-0.2, -0.15) is 0 Å². The van der Waals surface area contributed by atoms with Gasteiger partial charge in [-0.3, -0.25) is 9.79 Å². The molecule has 1 saturated carbocycles. The van der Waals surface area contributed by atoms with Crippen LogP contribution >= 0.6 is 0 Å². The molecule has 0 radical (unpaired) electrons. The van der Waals surface area contributed by atoms with Gasteiger partial charge in [-0.25, -0.2) is 0 Å². The maximum Gasteiger partial charge on any atom is 0.230 e. The van der Waals surface area contributed by atoms with E-state index in [0.717, 1.165) is 51.2 Å². The summed E-state index contributed by atoms with van der Waals surface area (Å²) in [6.07, 6.45) is 5.34. The molecule has 1 amide bonds. The highest BCUT2D eigenvalue weighted by molar-refractivity contribution is 5.85. The zero-order valence-electron chi connectivity index (χ0n) is 16.5. The minimum Gasteiger partial charge on any atom is -0.355 e. The van der Waals surface area contributed by atoms with Crippen molar-refractivity contribution < 1.29 is 4.79 Å². The molecule has 0 aromatic carbocycles. The van der Waals surface area contributed by atoms with Crippen molar-refractivity contribution in [2.45, 2.75) is 52.0 Å². The van der Waals surface area contributed by atoms with E-state index in [2.05, 4.69) is 41.4 Å². The summed E-state index contributed by atoms with van der Waals surface area (Å²) in [4.78, 5) is 21.0. The molecule has 6 nitrogen and oxygen atoms in total. The van der Waals surface area contributed by atoms with Gasteiger partial charge in [-0.05, 0) is 33.2 Å². The fourth-order valence-corrected chi connectivity index (χ4v) is 3.35. The molecule has 24 heavy (non-hydrogen) atoms. The highest BCUT2D eigenvalue weighted by atomic mass is 16.2. The van der Waals surface area contributed by atoms with Gasteiger partial charge in [0, 0.05) is 46.8 Å². The predicted octanol–water partition coefficient (Wildman–Crippen LogP) is 1.53. The molecule has 2 N–H and O–H groups in total. The molecule has 0 bridgehead atoms. The van der Waals surface area contributed by atoms with Crippen LogP contribution in [0.3, 0.4) is 0 Å². The average molecular weight is 340 g/mol. The van der Waals surface area contributed by atoms with E-state index in [4.69, 9.17) is 0 Å². The van der Waals surface area contributed by atoms with Gasteiger partial charge in [-0.1, -0.05) is 19.8 Å². The normalized spacial score (nSPS) is 18.5. The summed E-state index contributed by atoms with van der Waals surface area (Å²) >= 11 is 0. The molecule has 1 aliphatic carbocycles. The molecule has 0 spiro atoms. The van der Waals surface area contributed by atoms with E-state index >= 15 is 0 Å². The third-order valence-corrected chi connectivity index (χ3v) is 5.34. The number of hydrogen-bond donors (Lipinski definition) is 2. The first-order chi connectivity index (χ1) is 11.4. The lowest BCUT2D eigenvalue weighted by molar-refractivity contribution is -0.138.